The van der Waals surface area contributed by atoms with Crippen LogP contribution in [0, 0.1) is 5.82 Å². The predicted molar refractivity (Wildman–Crippen MR) is 100 cm³/mol. The van der Waals surface area contributed by atoms with E-state index in [0.29, 0.717) is 17.1 Å². The molecule has 1 aromatic heterocycles. The summed E-state index contributed by atoms with van der Waals surface area (Å²) in [7, 11) is 0. The third-order valence-corrected chi connectivity index (χ3v) is 4.52. The van der Waals surface area contributed by atoms with Crippen molar-refractivity contribution in [1.29, 1.82) is 0 Å². The molecule has 1 unspecified atom stereocenters. The van der Waals surface area contributed by atoms with Gasteiger partial charge in [0.1, 0.15) is 11.5 Å². The topological polar surface area (TPSA) is 45.2 Å². The molecule has 1 atom stereocenters. The zero-order chi connectivity index (χ0) is 18.1. The molecule has 130 valence electrons. The minimum atomic E-state index is -0.317. The maximum Gasteiger partial charge on any atom is 0.277 e. The van der Waals surface area contributed by atoms with Crippen molar-refractivity contribution in [3.8, 4) is 0 Å². The molecular formula is C21H18FN3O. The van der Waals surface area contributed by atoms with Crippen LogP contribution >= 0.6 is 0 Å². The largest absolute Gasteiger partial charge is 0.355 e. The molecule has 0 saturated carbocycles. The van der Waals surface area contributed by atoms with Gasteiger partial charge in [0.05, 0.1) is 0 Å². The van der Waals surface area contributed by atoms with E-state index in [0.717, 1.165) is 12.1 Å². The summed E-state index contributed by atoms with van der Waals surface area (Å²) in [6.07, 6.45) is 2.42. The lowest BCUT2D eigenvalue weighted by Crippen LogP contribution is -2.36. The van der Waals surface area contributed by atoms with Gasteiger partial charge in [-0.15, -0.1) is 0 Å². The zero-order valence-electron chi connectivity index (χ0n) is 14.3. The summed E-state index contributed by atoms with van der Waals surface area (Å²) in [6, 6.07) is 17.7. The lowest BCUT2D eigenvalue weighted by Gasteiger charge is -2.22. The number of amides is 1. The average Bonchev–Trinajstić information content (AvgIpc) is 2.97. The Morgan fingerprint density at radius 1 is 1.12 bits per heavy atom. The first-order valence-corrected chi connectivity index (χ1v) is 8.52. The lowest BCUT2D eigenvalue weighted by atomic mass is 10.1. The molecule has 26 heavy (non-hydrogen) atoms. The molecule has 4 rings (SSSR count). The molecule has 0 radical (unpaired) electrons. The van der Waals surface area contributed by atoms with Crippen LogP contribution in [0.4, 0.5) is 21.5 Å². The van der Waals surface area contributed by atoms with E-state index in [4.69, 9.17) is 0 Å². The number of para-hydroxylation sites is 1. The van der Waals surface area contributed by atoms with Crippen LogP contribution in [0.1, 0.15) is 23.0 Å². The summed E-state index contributed by atoms with van der Waals surface area (Å²) < 4.78 is 13.4. The number of hydrogen-bond acceptors (Lipinski definition) is 3. The number of carbonyl (C=O) groups excluding carboxylic acids is 1. The van der Waals surface area contributed by atoms with Crippen molar-refractivity contribution in [2.75, 3.05) is 10.2 Å². The summed E-state index contributed by atoms with van der Waals surface area (Å²) in [5, 5.41) is 3.11. The number of carbonyl (C=O) groups is 1. The second kappa shape index (κ2) is 6.59. The number of fused-ring (bicyclic) bond motifs is 1. The van der Waals surface area contributed by atoms with Gasteiger partial charge < -0.3 is 10.2 Å². The van der Waals surface area contributed by atoms with Crippen LogP contribution in [0.5, 0.6) is 0 Å². The molecule has 0 spiro atoms. The van der Waals surface area contributed by atoms with Gasteiger partial charge in [-0.3, -0.25) is 9.78 Å². The first kappa shape index (κ1) is 16.3. The van der Waals surface area contributed by atoms with E-state index in [2.05, 4.69) is 16.4 Å². The van der Waals surface area contributed by atoms with Gasteiger partial charge in [0.2, 0.25) is 0 Å². The molecule has 1 N–H and O–H groups in total. The second-order valence-corrected chi connectivity index (χ2v) is 6.42. The van der Waals surface area contributed by atoms with Crippen molar-refractivity contribution in [3.63, 3.8) is 0 Å². The van der Waals surface area contributed by atoms with Crippen LogP contribution in [0.25, 0.3) is 0 Å². The van der Waals surface area contributed by atoms with Crippen molar-refractivity contribution in [1.82, 2.24) is 4.98 Å². The van der Waals surface area contributed by atoms with Crippen LogP contribution in [0.3, 0.4) is 0 Å². The molecule has 0 bridgehead atoms. The average molecular weight is 347 g/mol. The van der Waals surface area contributed by atoms with Crippen LogP contribution in [0.15, 0.2) is 66.9 Å². The molecule has 2 heterocycles. The number of rotatable bonds is 3. The molecule has 4 nitrogen and oxygen atoms in total. The molecular weight excluding hydrogens is 329 g/mol. The van der Waals surface area contributed by atoms with E-state index in [-0.39, 0.29) is 17.8 Å². The lowest BCUT2D eigenvalue weighted by molar-refractivity contribution is 0.0976. The second-order valence-electron chi connectivity index (χ2n) is 6.42. The number of halogens is 1. The third-order valence-electron chi connectivity index (χ3n) is 4.52. The Hall–Kier alpha value is -3.21. The summed E-state index contributed by atoms with van der Waals surface area (Å²) >= 11 is 0. The van der Waals surface area contributed by atoms with Gasteiger partial charge in [-0.05, 0) is 55.3 Å². The number of nitrogens with zero attached hydrogens (tertiary/aromatic N) is 2. The van der Waals surface area contributed by atoms with E-state index in [1.54, 1.807) is 35.4 Å². The van der Waals surface area contributed by atoms with Crippen molar-refractivity contribution in [2.45, 2.75) is 19.4 Å². The van der Waals surface area contributed by atoms with Crippen LogP contribution in [0.2, 0.25) is 0 Å². The van der Waals surface area contributed by atoms with Crippen LogP contribution in [-0.4, -0.2) is 16.9 Å². The van der Waals surface area contributed by atoms with Gasteiger partial charge in [-0.1, -0.05) is 24.3 Å². The predicted octanol–water partition coefficient (Wildman–Crippen LogP) is 4.56. The SMILES string of the molecule is CC1Cc2ccccc2N1C(=O)c1cc(Nc2cccc(F)c2)ccn1. The monoisotopic (exact) mass is 347 g/mol. The molecule has 0 fully saturated rings. The summed E-state index contributed by atoms with van der Waals surface area (Å²) in [4.78, 5) is 19.1. The molecule has 1 aliphatic heterocycles. The van der Waals surface area contributed by atoms with E-state index < -0.39 is 0 Å². The van der Waals surface area contributed by atoms with E-state index >= 15 is 0 Å². The molecule has 3 aromatic rings. The number of aromatic nitrogens is 1. The number of pyridine rings is 1. The van der Waals surface area contributed by atoms with Crippen LogP contribution in [-0.2, 0) is 6.42 Å². The van der Waals surface area contributed by atoms with E-state index in [1.807, 2.05) is 25.1 Å². The fourth-order valence-corrected chi connectivity index (χ4v) is 3.36. The highest BCUT2D eigenvalue weighted by Crippen LogP contribution is 2.33. The summed E-state index contributed by atoms with van der Waals surface area (Å²) in [5.74, 6) is -0.451. The minimum Gasteiger partial charge on any atom is -0.355 e. The quantitative estimate of drug-likeness (QED) is 0.756. The van der Waals surface area contributed by atoms with Gasteiger partial charge in [-0.2, -0.15) is 0 Å². The zero-order valence-corrected chi connectivity index (χ0v) is 14.3. The fourth-order valence-electron chi connectivity index (χ4n) is 3.36. The highest BCUT2D eigenvalue weighted by atomic mass is 19.1. The first-order chi connectivity index (χ1) is 12.6. The Bertz CT molecular complexity index is 973. The summed E-state index contributed by atoms with van der Waals surface area (Å²) in [5.41, 5.74) is 3.77. The fraction of sp³-hybridized carbons (Fsp3) is 0.143. The summed E-state index contributed by atoms with van der Waals surface area (Å²) in [6.45, 7) is 2.03. The normalized spacial score (nSPS) is 15.6. The van der Waals surface area contributed by atoms with Gasteiger partial charge >= 0.3 is 0 Å². The van der Waals surface area contributed by atoms with Gasteiger partial charge in [0, 0.05) is 29.3 Å². The van der Waals surface area contributed by atoms with E-state index in [1.165, 1.54) is 17.7 Å². The van der Waals surface area contributed by atoms with Crippen molar-refractivity contribution in [2.24, 2.45) is 0 Å². The number of nitrogens with one attached hydrogen (secondary N) is 1. The minimum absolute atomic E-state index is 0.0848. The third kappa shape index (κ3) is 3.04. The Kier molecular flexibility index (Phi) is 4.13. The maximum absolute atomic E-state index is 13.4. The molecule has 1 amide bonds. The van der Waals surface area contributed by atoms with Crippen molar-refractivity contribution in [3.05, 3.63) is 83.9 Å². The molecule has 5 heteroatoms. The molecule has 0 saturated heterocycles. The highest BCUT2D eigenvalue weighted by Gasteiger charge is 2.31. The van der Waals surface area contributed by atoms with Gasteiger partial charge in [-0.25, -0.2) is 4.39 Å². The van der Waals surface area contributed by atoms with Crippen molar-refractivity contribution < 1.29 is 9.18 Å². The van der Waals surface area contributed by atoms with Crippen molar-refractivity contribution >= 4 is 23.0 Å². The first-order valence-electron chi connectivity index (χ1n) is 8.52. The highest BCUT2D eigenvalue weighted by molar-refractivity contribution is 6.07. The Labute approximate surface area is 151 Å². The molecule has 0 aliphatic carbocycles. The smallest absolute Gasteiger partial charge is 0.277 e. The van der Waals surface area contributed by atoms with Gasteiger partial charge in [0.15, 0.2) is 0 Å². The number of benzene rings is 2. The number of anilines is 3. The molecule has 1 aliphatic rings. The number of hydrogen-bond donors (Lipinski definition) is 1. The van der Waals surface area contributed by atoms with Gasteiger partial charge in [0.25, 0.3) is 5.91 Å². The molecule has 2 aromatic carbocycles. The Balaban J connectivity index is 1.61. The Morgan fingerprint density at radius 3 is 2.77 bits per heavy atom. The van der Waals surface area contributed by atoms with E-state index in [9.17, 15) is 9.18 Å². The maximum atomic E-state index is 13.4. The van der Waals surface area contributed by atoms with Crippen LogP contribution < -0.4 is 10.2 Å². The standard InChI is InChI=1S/C21H18FN3O/c1-14-11-15-5-2-3-8-20(15)25(14)21(26)19-13-18(9-10-23-19)24-17-7-4-6-16(22)12-17/h2-10,12-14H,11H2,1H3,(H,23,24). The Morgan fingerprint density at radius 2 is 1.92 bits per heavy atom.